The van der Waals surface area contributed by atoms with Crippen molar-refractivity contribution in [3.8, 4) is 0 Å². The molecule has 1 fully saturated rings. The molecule has 0 aliphatic carbocycles. The zero-order valence-electron chi connectivity index (χ0n) is 13.4. The van der Waals surface area contributed by atoms with Gasteiger partial charge in [0, 0.05) is 19.0 Å². The highest BCUT2D eigenvalue weighted by atomic mass is 32.2. The minimum Gasteiger partial charge on any atom is -0.355 e. The summed E-state index contributed by atoms with van der Waals surface area (Å²) in [6, 6.07) is 7.06. The molecule has 1 atom stereocenters. The van der Waals surface area contributed by atoms with Crippen LogP contribution in [-0.2, 0) is 28.1 Å². The summed E-state index contributed by atoms with van der Waals surface area (Å²) in [6.07, 6.45) is 0.637. The van der Waals surface area contributed by atoms with E-state index < -0.39 is 9.84 Å². The zero-order valence-corrected chi connectivity index (χ0v) is 14.2. The van der Waals surface area contributed by atoms with Crippen LogP contribution in [0.15, 0.2) is 29.1 Å². The van der Waals surface area contributed by atoms with Crippen LogP contribution >= 0.6 is 0 Å². The highest BCUT2D eigenvalue weighted by molar-refractivity contribution is 7.91. The van der Waals surface area contributed by atoms with Gasteiger partial charge in [-0.3, -0.25) is 9.59 Å². The first-order valence-corrected chi connectivity index (χ1v) is 9.60. The van der Waals surface area contributed by atoms with E-state index in [1.54, 1.807) is 31.3 Å². The number of nitrogens with zero attached hydrogens (tertiary/aromatic N) is 2. The van der Waals surface area contributed by atoms with Crippen LogP contribution < -0.4 is 10.9 Å². The maximum atomic E-state index is 12.2. The summed E-state index contributed by atoms with van der Waals surface area (Å²) in [5.74, 6) is 0.0776. The number of fused-ring (bicyclic) bond motifs is 1. The van der Waals surface area contributed by atoms with Crippen molar-refractivity contribution >= 4 is 26.5 Å². The standard InChI is InChI=1S/C16H19N3O4S/c1-19-16(21)13-5-3-2-4-12(13)14(18-19)8-15(20)17-9-11-6-7-24(22,23)10-11/h2-5,11H,6-10H2,1H3,(H,17,20)/t11-/m1/s1. The van der Waals surface area contributed by atoms with Gasteiger partial charge in [-0.1, -0.05) is 18.2 Å². The number of aromatic nitrogens is 2. The second kappa shape index (κ2) is 6.35. The van der Waals surface area contributed by atoms with Gasteiger partial charge in [0.15, 0.2) is 9.84 Å². The maximum Gasteiger partial charge on any atom is 0.274 e. The van der Waals surface area contributed by atoms with Crippen LogP contribution in [0.5, 0.6) is 0 Å². The van der Waals surface area contributed by atoms with Gasteiger partial charge < -0.3 is 5.32 Å². The summed E-state index contributed by atoms with van der Waals surface area (Å²) in [5, 5.41) is 8.16. The van der Waals surface area contributed by atoms with Gasteiger partial charge in [-0.15, -0.1) is 0 Å². The average molecular weight is 349 g/mol. The van der Waals surface area contributed by atoms with E-state index >= 15 is 0 Å². The quantitative estimate of drug-likeness (QED) is 0.839. The predicted octanol–water partition coefficient (Wildman–Crippen LogP) is 0.0269. The van der Waals surface area contributed by atoms with Crippen molar-refractivity contribution in [2.75, 3.05) is 18.1 Å². The summed E-state index contributed by atoms with van der Waals surface area (Å²) in [6.45, 7) is 0.349. The number of rotatable bonds is 4. The maximum absolute atomic E-state index is 12.2. The third-order valence-electron chi connectivity index (χ3n) is 4.28. The fourth-order valence-corrected chi connectivity index (χ4v) is 4.87. The van der Waals surface area contributed by atoms with Crippen molar-refractivity contribution in [2.45, 2.75) is 12.8 Å². The molecule has 1 aliphatic rings. The van der Waals surface area contributed by atoms with Crippen LogP contribution in [0.25, 0.3) is 10.8 Å². The largest absolute Gasteiger partial charge is 0.355 e. The van der Waals surface area contributed by atoms with E-state index in [1.165, 1.54) is 4.68 Å². The average Bonchev–Trinajstić information content (AvgIpc) is 2.90. The smallest absolute Gasteiger partial charge is 0.274 e. The molecule has 3 rings (SSSR count). The third-order valence-corrected chi connectivity index (χ3v) is 6.11. The van der Waals surface area contributed by atoms with E-state index in [-0.39, 0.29) is 35.3 Å². The van der Waals surface area contributed by atoms with Crippen LogP contribution in [0.3, 0.4) is 0 Å². The van der Waals surface area contributed by atoms with E-state index in [4.69, 9.17) is 0 Å². The molecular formula is C16H19N3O4S. The molecule has 8 heteroatoms. The number of sulfone groups is 1. The molecule has 7 nitrogen and oxygen atoms in total. The van der Waals surface area contributed by atoms with Crippen molar-refractivity contribution in [3.63, 3.8) is 0 Å². The molecule has 1 aromatic heterocycles. The highest BCUT2D eigenvalue weighted by Crippen LogP contribution is 2.17. The Morgan fingerprint density at radius 1 is 1.33 bits per heavy atom. The lowest BCUT2D eigenvalue weighted by Gasteiger charge is -2.11. The summed E-state index contributed by atoms with van der Waals surface area (Å²) < 4.78 is 24.1. The summed E-state index contributed by atoms with van der Waals surface area (Å²) in [7, 11) is -1.39. The number of nitrogens with one attached hydrogen (secondary N) is 1. The normalized spacial score (nSPS) is 19.5. The van der Waals surface area contributed by atoms with E-state index in [2.05, 4.69) is 10.4 Å². The molecule has 0 radical (unpaired) electrons. The van der Waals surface area contributed by atoms with Crippen LogP contribution in [0, 0.1) is 5.92 Å². The van der Waals surface area contributed by atoms with E-state index in [0.29, 0.717) is 29.4 Å². The lowest BCUT2D eigenvalue weighted by Crippen LogP contribution is -2.32. The number of hydrogen-bond donors (Lipinski definition) is 1. The van der Waals surface area contributed by atoms with Crippen LogP contribution in [0.4, 0.5) is 0 Å². The third kappa shape index (κ3) is 3.48. The van der Waals surface area contributed by atoms with Gasteiger partial charge in [0.25, 0.3) is 5.56 Å². The molecule has 0 bridgehead atoms. The first kappa shape index (κ1) is 16.6. The van der Waals surface area contributed by atoms with E-state index in [9.17, 15) is 18.0 Å². The molecule has 0 spiro atoms. The molecule has 1 saturated heterocycles. The van der Waals surface area contributed by atoms with Crippen molar-refractivity contribution in [1.29, 1.82) is 0 Å². The molecule has 24 heavy (non-hydrogen) atoms. The Kier molecular flexibility index (Phi) is 4.40. The van der Waals surface area contributed by atoms with Gasteiger partial charge in [-0.25, -0.2) is 13.1 Å². The number of carbonyl (C=O) groups is 1. The molecule has 1 aliphatic heterocycles. The first-order valence-electron chi connectivity index (χ1n) is 7.78. The molecule has 1 amide bonds. The Morgan fingerprint density at radius 2 is 2.04 bits per heavy atom. The highest BCUT2D eigenvalue weighted by Gasteiger charge is 2.28. The monoisotopic (exact) mass is 349 g/mol. The van der Waals surface area contributed by atoms with Gasteiger partial charge in [0.05, 0.1) is 29.0 Å². The van der Waals surface area contributed by atoms with Gasteiger partial charge in [0.1, 0.15) is 0 Å². The van der Waals surface area contributed by atoms with Crippen LogP contribution in [-0.4, -0.2) is 42.2 Å². The number of aryl methyl sites for hydroxylation is 1. The van der Waals surface area contributed by atoms with Crippen molar-refractivity contribution in [1.82, 2.24) is 15.1 Å². The summed E-state index contributed by atoms with van der Waals surface area (Å²) in [4.78, 5) is 24.3. The zero-order chi connectivity index (χ0) is 17.3. The van der Waals surface area contributed by atoms with Crippen LogP contribution in [0.1, 0.15) is 12.1 Å². The lowest BCUT2D eigenvalue weighted by molar-refractivity contribution is -0.120. The molecule has 2 aromatic rings. The molecule has 0 unspecified atom stereocenters. The van der Waals surface area contributed by atoms with Gasteiger partial charge >= 0.3 is 0 Å². The molecule has 2 heterocycles. The van der Waals surface area contributed by atoms with E-state index in [0.717, 1.165) is 0 Å². The number of carbonyl (C=O) groups excluding carboxylic acids is 1. The lowest BCUT2D eigenvalue weighted by atomic mass is 10.1. The van der Waals surface area contributed by atoms with Crippen molar-refractivity contribution < 1.29 is 13.2 Å². The fraction of sp³-hybridized carbons (Fsp3) is 0.438. The number of benzene rings is 1. The van der Waals surface area contributed by atoms with E-state index in [1.807, 2.05) is 0 Å². The fourth-order valence-electron chi connectivity index (χ4n) is 3.01. The van der Waals surface area contributed by atoms with Gasteiger partial charge in [-0.05, 0) is 18.4 Å². The van der Waals surface area contributed by atoms with Crippen molar-refractivity contribution in [3.05, 3.63) is 40.3 Å². The Morgan fingerprint density at radius 3 is 2.71 bits per heavy atom. The van der Waals surface area contributed by atoms with Crippen molar-refractivity contribution in [2.24, 2.45) is 13.0 Å². The second-order valence-corrected chi connectivity index (χ2v) is 8.40. The Bertz CT molecular complexity index is 949. The summed E-state index contributed by atoms with van der Waals surface area (Å²) >= 11 is 0. The first-order chi connectivity index (χ1) is 11.4. The van der Waals surface area contributed by atoms with Crippen LogP contribution in [0.2, 0.25) is 0 Å². The van der Waals surface area contributed by atoms with Gasteiger partial charge in [-0.2, -0.15) is 5.10 Å². The minimum atomic E-state index is -2.94. The summed E-state index contributed by atoms with van der Waals surface area (Å²) in [5.41, 5.74) is 0.329. The molecule has 0 saturated carbocycles. The predicted molar refractivity (Wildman–Crippen MR) is 90.5 cm³/mol. The SMILES string of the molecule is Cn1nc(CC(=O)NC[C@H]2CCS(=O)(=O)C2)c2ccccc2c1=O. The molecular weight excluding hydrogens is 330 g/mol. The topological polar surface area (TPSA) is 98.1 Å². The van der Waals surface area contributed by atoms with Gasteiger partial charge in [0.2, 0.25) is 5.91 Å². The molecule has 1 aromatic carbocycles. The number of amides is 1. The second-order valence-electron chi connectivity index (χ2n) is 6.17. The minimum absolute atomic E-state index is 0.0243. The Balaban J connectivity index is 1.72. The Labute approximate surface area is 139 Å². The molecule has 1 N–H and O–H groups in total. The molecule has 128 valence electrons. The Hall–Kier alpha value is -2.22. The number of hydrogen-bond acceptors (Lipinski definition) is 5.